The zero-order chi connectivity index (χ0) is 19.5. The van der Waals surface area contributed by atoms with Crippen LogP contribution in [0.15, 0.2) is 59.1 Å². The van der Waals surface area contributed by atoms with Crippen LogP contribution in [0.1, 0.15) is 31.2 Å². The van der Waals surface area contributed by atoms with E-state index in [1.165, 1.54) is 28.7 Å². The van der Waals surface area contributed by atoms with Gasteiger partial charge in [-0.25, -0.2) is 4.98 Å². The van der Waals surface area contributed by atoms with Crippen LogP contribution in [0, 0.1) is 0 Å². The Hall–Kier alpha value is -2.64. The minimum absolute atomic E-state index is 0.0649. The minimum Gasteiger partial charge on any atom is -0.333 e. The standard InChI is InChI=1S/C21H19N3O2S2/c1-27-20-17(4-2-9-22-20)19(25)23-16-7-6-14-8-10-24(13-15(14)12-16)21(26)18-5-3-11-28-18/h2-7,9,11-12H,8,10,13H2,1H3,(H,23,25). The highest BCUT2D eigenvalue weighted by atomic mass is 32.2. The van der Waals surface area contributed by atoms with Gasteiger partial charge < -0.3 is 10.2 Å². The Balaban J connectivity index is 1.52. The van der Waals surface area contributed by atoms with Gasteiger partial charge in [-0.2, -0.15) is 0 Å². The van der Waals surface area contributed by atoms with E-state index in [1.807, 2.05) is 46.9 Å². The number of pyridine rings is 1. The molecule has 0 fully saturated rings. The second-order valence-electron chi connectivity index (χ2n) is 6.45. The second-order valence-corrected chi connectivity index (χ2v) is 8.19. The number of carbonyl (C=O) groups is 2. The Bertz CT molecular complexity index is 1020. The van der Waals surface area contributed by atoms with Gasteiger partial charge >= 0.3 is 0 Å². The predicted octanol–water partition coefficient (Wildman–Crippen LogP) is 4.32. The molecular weight excluding hydrogens is 390 g/mol. The number of carbonyl (C=O) groups excluding carboxylic acids is 2. The number of aromatic nitrogens is 1. The van der Waals surface area contributed by atoms with Crippen molar-refractivity contribution in [3.05, 3.63) is 75.6 Å². The summed E-state index contributed by atoms with van der Waals surface area (Å²) in [6.45, 7) is 1.26. The van der Waals surface area contributed by atoms with Gasteiger partial charge in [0.1, 0.15) is 5.03 Å². The number of nitrogens with zero attached hydrogens (tertiary/aromatic N) is 2. The maximum atomic E-state index is 12.7. The first-order valence-electron chi connectivity index (χ1n) is 8.90. The summed E-state index contributed by atoms with van der Waals surface area (Å²) in [7, 11) is 0. The van der Waals surface area contributed by atoms with E-state index < -0.39 is 0 Å². The molecule has 1 aromatic carbocycles. The molecule has 0 radical (unpaired) electrons. The van der Waals surface area contributed by atoms with Crippen LogP contribution < -0.4 is 5.32 Å². The van der Waals surface area contributed by atoms with Gasteiger partial charge in [0.05, 0.1) is 10.4 Å². The van der Waals surface area contributed by atoms with E-state index in [-0.39, 0.29) is 11.8 Å². The molecule has 0 saturated heterocycles. The number of hydrogen-bond donors (Lipinski definition) is 1. The maximum Gasteiger partial charge on any atom is 0.264 e. The van der Waals surface area contributed by atoms with Gasteiger partial charge in [-0.15, -0.1) is 23.1 Å². The lowest BCUT2D eigenvalue weighted by atomic mass is 9.99. The van der Waals surface area contributed by atoms with Gasteiger partial charge in [0.15, 0.2) is 0 Å². The van der Waals surface area contributed by atoms with E-state index in [9.17, 15) is 9.59 Å². The number of anilines is 1. The number of fused-ring (bicyclic) bond motifs is 1. The van der Waals surface area contributed by atoms with E-state index in [1.54, 1.807) is 18.3 Å². The highest BCUT2D eigenvalue weighted by molar-refractivity contribution is 7.98. The quantitative estimate of drug-likeness (QED) is 0.652. The summed E-state index contributed by atoms with van der Waals surface area (Å²) in [5.74, 6) is -0.116. The molecule has 2 amide bonds. The Morgan fingerprint density at radius 2 is 2.07 bits per heavy atom. The number of thioether (sulfide) groups is 1. The molecule has 0 atom stereocenters. The summed E-state index contributed by atoms with van der Waals surface area (Å²) in [6.07, 6.45) is 4.40. The molecule has 142 valence electrons. The van der Waals surface area contributed by atoms with E-state index in [4.69, 9.17) is 0 Å². The van der Waals surface area contributed by atoms with Crippen molar-refractivity contribution in [2.75, 3.05) is 18.1 Å². The maximum absolute atomic E-state index is 12.7. The first kappa shape index (κ1) is 18.7. The molecule has 1 N–H and O–H groups in total. The summed E-state index contributed by atoms with van der Waals surface area (Å²) in [5.41, 5.74) is 3.58. The van der Waals surface area contributed by atoms with Crippen molar-refractivity contribution in [3.8, 4) is 0 Å². The van der Waals surface area contributed by atoms with Crippen molar-refractivity contribution < 1.29 is 9.59 Å². The zero-order valence-electron chi connectivity index (χ0n) is 15.3. The molecule has 4 rings (SSSR count). The first-order valence-corrected chi connectivity index (χ1v) is 11.0. The smallest absolute Gasteiger partial charge is 0.264 e. The van der Waals surface area contributed by atoms with Crippen LogP contribution in [0.2, 0.25) is 0 Å². The Labute approximate surface area is 171 Å². The number of rotatable bonds is 4. The van der Waals surface area contributed by atoms with Gasteiger partial charge in [0.2, 0.25) is 0 Å². The molecule has 0 bridgehead atoms. The lowest BCUT2D eigenvalue weighted by molar-refractivity contribution is 0.0739. The SMILES string of the molecule is CSc1ncccc1C(=O)Nc1ccc2c(c1)CN(C(=O)c1cccs1)CC2. The van der Waals surface area contributed by atoms with Crippen molar-refractivity contribution in [2.45, 2.75) is 18.0 Å². The van der Waals surface area contributed by atoms with Gasteiger partial charge in [-0.3, -0.25) is 9.59 Å². The number of thiophene rings is 1. The molecular formula is C21H19N3O2S2. The highest BCUT2D eigenvalue weighted by Crippen LogP contribution is 2.25. The van der Waals surface area contributed by atoms with Gasteiger partial charge in [-0.05, 0) is 59.5 Å². The third-order valence-corrected chi connectivity index (χ3v) is 6.27. The number of amides is 2. The minimum atomic E-state index is -0.181. The van der Waals surface area contributed by atoms with Crippen LogP contribution in [-0.2, 0) is 13.0 Å². The van der Waals surface area contributed by atoms with E-state index in [0.717, 1.165) is 22.5 Å². The van der Waals surface area contributed by atoms with Crippen LogP contribution in [0.5, 0.6) is 0 Å². The second kappa shape index (κ2) is 8.16. The van der Waals surface area contributed by atoms with Crippen LogP contribution in [0.25, 0.3) is 0 Å². The van der Waals surface area contributed by atoms with Gasteiger partial charge in [0, 0.05) is 25.0 Å². The fourth-order valence-corrected chi connectivity index (χ4v) is 4.53. The molecule has 28 heavy (non-hydrogen) atoms. The summed E-state index contributed by atoms with van der Waals surface area (Å²) in [6, 6.07) is 13.2. The molecule has 0 aliphatic carbocycles. The molecule has 0 spiro atoms. The normalized spacial score (nSPS) is 13.1. The lowest BCUT2D eigenvalue weighted by Crippen LogP contribution is -2.35. The third-order valence-electron chi connectivity index (χ3n) is 4.70. The van der Waals surface area contributed by atoms with Gasteiger partial charge in [0.25, 0.3) is 11.8 Å². The fraction of sp³-hybridized carbons (Fsp3) is 0.190. The zero-order valence-corrected chi connectivity index (χ0v) is 17.0. The number of hydrogen-bond acceptors (Lipinski definition) is 5. The van der Waals surface area contributed by atoms with Gasteiger partial charge in [-0.1, -0.05) is 12.1 Å². The highest BCUT2D eigenvalue weighted by Gasteiger charge is 2.23. The van der Waals surface area contributed by atoms with E-state index >= 15 is 0 Å². The topological polar surface area (TPSA) is 62.3 Å². The summed E-state index contributed by atoms with van der Waals surface area (Å²) in [5, 5.41) is 5.58. The van der Waals surface area contributed by atoms with Crippen molar-refractivity contribution >= 4 is 40.6 Å². The first-order chi connectivity index (χ1) is 13.7. The molecule has 3 aromatic rings. The number of benzene rings is 1. The van der Waals surface area contributed by atoms with Crippen LogP contribution in [-0.4, -0.2) is 34.5 Å². The average molecular weight is 410 g/mol. The lowest BCUT2D eigenvalue weighted by Gasteiger charge is -2.29. The van der Waals surface area contributed by atoms with Crippen LogP contribution in [0.3, 0.4) is 0 Å². The van der Waals surface area contributed by atoms with Crippen LogP contribution in [0.4, 0.5) is 5.69 Å². The number of nitrogens with one attached hydrogen (secondary N) is 1. The molecule has 1 aliphatic heterocycles. The van der Waals surface area contributed by atoms with E-state index in [0.29, 0.717) is 23.7 Å². The molecule has 7 heteroatoms. The molecule has 5 nitrogen and oxygen atoms in total. The monoisotopic (exact) mass is 409 g/mol. The Morgan fingerprint density at radius 3 is 2.86 bits per heavy atom. The Morgan fingerprint density at radius 1 is 1.18 bits per heavy atom. The third kappa shape index (κ3) is 3.81. The van der Waals surface area contributed by atoms with E-state index in [2.05, 4.69) is 10.3 Å². The average Bonchev–Trinajstić information content (AvgIpc) is 3.27. The largest absolute Gasteiger partial charge is 0.333 e. The predicted molar refractivity (Wildman–Crippen MR) is 113 cm³/mol. The summed E-state index contributed by atoms with van der Waals surface area (Å²) < 4.78 is 0. The van der Waals surface area contributed by atoms with Crippen molar-refractivity contribution in [3.63, 3.8) is 0 Å². The molecule has 3 heterocycles. The van der Waals surface area contributed by atoms with Crippen molar-refractivity contribution in [2.24, 2.45) is 0 Å². The van der Waals surface area contributed by atoms with Crippen LogP contribution >= 0.6 is 23.1 Å². The molecule has 0 unspecified atom stereocenters. The van der Waals surface area contributed by atoms with Crippen molar-refractivity contribution in [1.29, 1.82) is 0 Å². The summed E-state index contributed by atoms with van der Waals surface area (Å²) >= 11 is 2.91. The molecule has 0 saturated carbocycles. The fourth-order valence-electron chi connectivity index (χ4n) is 3.29. The van der Waals surface area contributed by atoms with Crippen molar-refractivity contribution in [1.82, 2.24) is 9.88 Å². The molecule has 1 aliphatic rings. The molecule has 2 aromatic heterocycles. The summed E-state index contributed by atoms with van der Waals surface area (Å²) in [4.78, 5) is 32.2. The Kier molecular flexibility index (Phi) is 5.45.